The number of furan rings is 1. The topological polar surface area (TPSA) is 59.5 Å². The average molecular weight is 238 g/mol. The summed E-state index contributed by atoms with van der Waals surface area (Å²) >= 11 is 0. The third-order valence-corrected chi connectivity index (χ3v) is 3.49. The van der Waals surface area contributed by atoms with E-state index in [4.69, 9.17) is 10.2 Å². The van der Waals surface area contributed by atoms with E-state index in [0.717, 1.165) is 11.3 Å². The van der Waals surface area contributed by atoms with Gasteiger partial charge in [0.15, 0.2) is 0 Å². The zero-order valence-corrected chi connectivity index (χ0v) is 11.5. The number of carbonyl (C=O) groups is 1. The van der Waals surface area contributed by atoms with Crippen LogP contribution < -0.4 is 5.73 Å². The second-order valence-electron chi connectivity index (χ2n) is 5.10. The van der Waals surface area contributed by atoms with Crippen molar-refractivity contribution in [3.8, 4) is 0 Å². The first kappa shape index (κ1) is 13.8. The standard InChI is InChI=1S/C13H22N2O2/c1-8-9(2)17-10(3)11(8)12(16)15(6)13(4,5)7-14/h7,14H2,1-6H3. The maximum absolute atomic E-state index is 12.4. The van der Waals surface area contributed by atoms with E-state index in [0.29, 0.717) is 17.9 Å². The molecule has 0 saturated heterocycles. The van der Waals surface area contributed by atoms with Crippen LogP contribution in [0.3, 0.4) is 0 Å². The number of nitrogens with two attached hydrogens (primary N) is 1. The summed E-state index contributed by atoms with van der Waals surface area (Å²) in [4.78, 5) is 14.1. The van der Waals surface area contributed by atoms with Crippen molar-refractivity contribution in [1.29, 1.82) is 0 Å². The Bertz CT molecular complexity index is 433. The van der Waals surface area contributed by atoms with Crippen LogP contribution in [0.1, 0.15) is 41.3 Å². The molecule has 1 aromatic rings. The molecule has 0 saturated carbocycles. The van der Waals surface area contributed by atoms with Crippen molar-refractivity contribution in [2.45, 2.75) is 40.2 Å². The predicted molar refractivity (Wildman–Crippen MR) is 68.1 cm³/mol. The fraction of sp³-hybridized carbons (Fsp3) is 0.615. The van der Waals surface area contributed by atoms with Crippen LogP contribution in [0.4, 0.5) is 0 Å². The van der Waals surface area contributed by atoms with Crippen LogP contribution in [0.5, 0.6) is 0 Å². The van der Waals surface area contributed by atoms with Crippen LogP contribution in [0.15, 0.2) is 4.42 Å². The number of nitrogens with zero attached hydrogens (tertiary/aromatic N) is 1. The number of rotatable bonds is 3. The van der Waals surface area contributed by atoms with Gasteiger partial charge in [-0.3, -0.25) is 4.79 Å². The number of hydrogen-bond acceptors (Lipinski definition) is 3. The quantitative estimate of drug-likeness (QED) is 0.876. The van der Waals surface area contributed by atoms with Gasteiger partial charge in [-0.1, -0.05) is 0 Å². The van der Waals surface area contributed by atoms with Crippen LogP contribution in [0, 0.1) is 20.8 Å². The molecule has 0 bridgehead atoms. The van der Waals surface area contributed by atoms with Gasteiger partial charge in [0.05, 0.1) is 5.56 Å². The largest absolute Gasteiger partial charge is 0.466 e. The summed E-state index contributed by atoms with van der Waals surface area (Å²) in [5.74, 6) is 1.43. The fourth-order valence-electron chi connectivity index (χ4n) is 1.69. The molecule has 0 aliphatic heterocycles. The molecule has 0 radical (unpaired) electrons. The van der Waals surface area contributed by atoms with Gasteiger partial charge < -0.3 is 15.1 Å². The molecule has 0 atom stereocenters. The second kappa shape index (κ2) is 4.53. The van der Waals surface area contributed by atoms with Gasteiger partial charge in [0.25, 0.3) is 5.91 Å². The Morgan fingerprint density at radius 1 is 1.29 bits per heavy atom. The van der Waals surface area contributed by atoms with Gasteiger partial charge in [0, 0.05) is 24.7 Å². The number of aryl methyl sites for hydroxylation is 2. The van der Waals surface area contributed by atoms with E-state index in [1.807, 2.05) is 34.6 Å². The van der Waals surface area contributed by atoms with Gasteiger partial charge in [0.1, 0.15) is 11.5 Å². The summed E-state index contributed by atoms with van der Waals surface area (Å²) in [6.45, 7) is 9.90. The Hall–Kier alpha value is -1.29. The first-order chi connectivity index (χ1) is 7.72. The number of amides is 1. The van der Waals surface area contributed by atoms with Gasteiger partial charge in [-0.2, -0.15) is 0 Å². The minimum atomic E-state index is -0.360. The van der Waals surface area contributed by atoms with Gasteiger partial charge >= 0.3 is 0 Å². The van der Waals surface area contributed by atoms with Crippen molar-refractivity contribution in [2.75, 3.05) is 13.6 Å². The molecule has 2 N–H and O–H groups in total. The molecule has 1 amide bonds. The smallest absolute Gasteiger partial charge is 0.257 e. The fourth-order valence-corrected chi connectivity index (χ4v) is 1.69. The number of carbonyl (C=O) groups excluding carboxylic acids is 1. The van der Waals surface area contributed by atoms with Crippen molar-refractivity contribution in [3.63, 3.8) is 0 Å². The molecular weight excluding hydrogens is 216 g/mol. The molecule has 0 spiro atoms. The van der Waals surface area contributed by atoms with Gasteiger partial charge in [0.2, 0.25) is 0 Å². The van der Waals surface area contributed by atoms with Crippen LogP contribution in [0.25, 0.3) is 0 Å². The normalized spacial score (nSPS) is 11.7. The highest BCUT2D eigenvalue weighted by molar-refractivity contribution is 5.97. The van der Waals surface area contributed by atoms with Crippen molar-refractivity contribution >= 4 is 5.91 Å². The molecule has 0 aliphatic rings. The lowest BCUT2D eigenvalue weighted by Crippen LogP contribution is -2.50. The van der Waals surface area contributed by atoms with Crippen molar-refractivity contribution in [2.24, 2.45) is 5.73 Å². The molecule has 96 valence electrons. The first-order valence-corrected chi connectivity index (χ1v) is 5.77. The van der Waals surface area contributed by atoms with E-state index in [2.05, 4.69) is 0 Å². The van der Waals surface area contributed by atoms with Crippen LogP contribution in [0.2, 0.25) is 0 Å². The molecule has 1 aromatic heterocycles. The molecule has 17 heavy (non-hydrogen) atoms. The monoisotopic (exact) mass is 238 g/mol. The highest BCUT2D eigenvalue weighted by Crippen LogP contribution is 2.24. The lowest BCUT2D eigenvalue weighted by atomic mass is 10.0. The molecule has 4 nitrogen and oxygen atoms in total. The molecule has 1 heterocycles. The summed E-state index contributed by atoms with van der Waals surface area (Å²) in [6.07, 6.45) is 0. The van der Waals surface area contributed by atoms with Crippen LogP contribution in [-0.4, -0.2) is 29.9 Å². The van der Waals surface area contributed by atoms with Crippen molar-refractivity contribution in [3.05, 3.63) is 22.6 Å². The molecule has 0 aromatic carbocycles. The lowest BCUT2D eigenvalue weighted by Gasteiger charge is -2.34. The SMILES string of the molecule is Cc1oc(C)c(C(=O)N(C)C(C)(C)CN)c1C. The average Bonchev–Trinajstić information content (AvgIpc) is 2.51. The molecule has 0 unspecified atom stereocenters. The summed E-state index contributed by atoms with van der Waals surface area (Å²) in [5.41, 5.74) is 6.90. The molecule has 4 heteroatoms. The molecule has 0 aliphatic carbocycles. The van der Waals surface area contributed by atoms with Gasteiger partial charge in [-0.05, 0) is 34.6 Å². The maximum Gasteiger partial charge on any atom is 0.257 e. The Morgan fingerprint density at radius 2 is 1.82 bits per heavy atom. The molecule has 0 fully saturated rings. The highest BCUT2D eigenvalue weighted by atomic mass is 16.3. The third-order valence-electron chi connectivity index (χ3n) is 3.49. The van der Waals surface area contributed by atoms with E-state index in [9.17, 15) is 4.79 Å². The Labute approximate surface area is 103 Å². The van der Waals surface area contributed by atoms with E-state index in [-0.39, 0.29) is 11.4 Å². The van der Waals surface area contributed by atoms with Gasteiger partial charge in [-0.15, -0.1) is 0 Å². The highest BCUT2D eigenvalue weighted by Gasteiger charge is 2.30. The first-order valence-electron chi connectivity index (χ1n) is 5.77. The van der Waals surface area contributed by atoms with E-state index < -0.39 is 0 Å². The summed E-state index contributed by atoms with van der Waals surface area (Å²) < 4.78 is 5.48. The van der Waals surface area contributed by atoms with E-state index in [1.165, 1.54) is 0 Å². The Balaban J connectivity index is 3.13. The Kier molecular flexibility index (Phi) is 3.67. The molecular formula is C13H22N2O2. The molecule has 1 rings (SSSR count). The number of hydrogen-bond donors (Lipinski definition) is 1. The lowest BCUT2D eigenvalue weighted by molar-refractivity contribution is 0.0638. The van der Waals surface area contributed by atoms with E-state index in [1.54, 1.807) is 11.9 Å². The summed E-state index contributed by atoms with van der Waals surface area (Å²) in [6, 6.07) is 0. The predicted octanol–water partition coefficient (Wildman–Crippen LogP) is 2.01. The third kappa shape index (κ3) is 2.36. The van der Waals surface area contributed by atoms with E-state index >= 15 is 0 Å². The maximum atomic E-state index is 12.4. The van der Waals surface area contributed by atoms with Gasteiger partial charge in [-0.25, -0.2) is 0 Å². The zero-order valence-electron chi connectivity index (χ0n) is 11.5. The Morgan fingerprint density at radius 3 is 2.18 bits per heavy atom. The second-order valence-corrected chi connectivity index (χ2v) is 5.10. The minimum Gasteiger partial charge on any atom is -0.466 e. The van der Waals surface area contributed by atoms with Crippen LogP contribution in [-0.2, 0) is 0 Å². The summed E-state index contributed by atoms with van der Waals surface area (Å²) in [7, 11) is 1.77. The zero-order chi connectivity index (χ0) is 13.4. The summed E-state index contributed by atoms with van der Waals surface area (Å²) in [5, 5.41) is 0. The minimum absolute atomic E-state index is 0.0349. The van der Waals surface area contributed by atoms with Crippen molar-refractivity contribution < 1.29 is 9.21 Å². The van der Waals surface area contributed by atoms with Crippen molar-refractivity contribution in [1.82, 2.24) is 4.90 Å². The number of likely N-dealkylation sites (N-methyl/N-ethyl adjacent to an activating group) is 1. The van der Waals surface area contributed by atoms with Crippen LogP contribution >= 0.6 is 0 Å².